The molecule has 1 N–H and O–H groups in total. The van der Waals surface area contributed by atoms with Gasteiger partial charge in [0.15, 0.2) is 0 Å². The summed E-state index contributed by atoms with van der Waals surface area (Å²) >= 11 is 0. The van der Waals surface area contributed by atoms with Crippen molar-refractivity contribution in [2.24, 2.45) is 7.05 Å². The molecule has 0 amide bonds. The molecule has 1 saturated carbocycles. The summed E-state index contributed by atoms with van der Waals surface area (Å²) in [7, 11) is 4.18. The fourth-order valence-electron chi connectivity index (χ4n) is 2.93. The van der Waals surface area contributed by atoms with E-state index in [2.05, 4.69) is 42.4 Å². The zero-order valence-electron chi connectivity index (χ0n) is 12.7. The highest BCUT2D eigenvalue weighted by Gasteiger charge is 2.30. The lowest BCUT2D eigenvalue weighted by Crippen LogP contribution is -2.31. The van der Waals surface area contributed by atoms with Gasteiger partial charge in [-0.15, -0.1) is 0 Å². The average molecular weight is 265 g/mol. The van der Waals surface area contributed by atoms with Crippen molar-refractivity contribution < 1.29 is 5.11 Å². The van der Waals surface area contributed by atoms with Crippen LogP contribution in [0.25, 0.3) is 0 Å². The minimum absolute atomic E-state index is 0.401. The van der Waals surface area contributed by atoms with Crippen molar-refractivity contribution >= 4 is 0 Å². The summed E-state index contributed by atoms with van der Waals surface area (Å²) in [6.07, 6.45) is 5.19. The van der Waals surface area contributed by atoms with Crippen LogP contribution in [0, 0.1) is 13.8 Å². The number of hydrogen-bond acceptors (Lipinski definition) is 3. The van der Waals surface area contributed by atoms with E-state index in [-0.39, 0.29) is 0 Å². The van der Waals surface area contributed by atoms with E-state index in [0.717, 1.165) is 43.9 Å². The van der Waals surface area contributed by atoms with Gasteiger partial charge in [-0.05, 0) is 40.2 Å². The molecule has 4 heteroatoms. The maximum Gasteiger partial charge on any atom is 0.123 e. The Morgan fingerprint density at radius 1 is 1.32 bits per heavy atom. The number of hydrogen-bond donors (Lipinski definition) is 1. The molecule has 0 unspecified atom stereocenters. The fraction of sp³-hybridized carbons (Fsp3) is 0.800. The minimum atomic E-state index is -0.401. The zero-order valence-corrected chi connectivity index (χ0v) is 12.7. The average Bonchev–Trinajstić information content (AvgIpc) is 2.89. The highest BCUT2D eigenvalue weighted by Crippen LogP contribution is 2.32. The van der Waals surface area contributed by atoms with Crippen LogP contribution in [0.5, 0.6) is 0 Å². The maximum absolute atomic E-state index is 10.4. The molecule has 1 aromatic rings. The van der Waals surface area contributed by atoms with E-state index in [0.29, 0.717) is 0 Å². The Morgan fingerprint density at radius 2 is 1.95 bits per heavy atom. The van der Waals surface area contributed by atoms with Gasteiger partial charge in [-0.1, -0.05) is 12.8 Å². The van der Waals surface area contributed by atoms with Gasteiger partial charge in [-0.2, -0.15) is 0 Å². The largest absolute Gasteiger partial charge is 0.390 e. The number of aryl methyl sites for hydroxylation is 1. The molecule has 0 radical (unpaired) electrons. The Morgan fingerprint density at radius 3 is 2.47 bits per heavy atom. The van der Waals surface area contributed by atoms with Crippen molar-refractivity contribution in [2.45, 2.75) is 58.1 Å². The van der Waals surface area contributed by atoms with Gasteiger partial charge in [-0.25, -0.2) is 4.98 Å². The van der Waals surface area contributed by atoms with Gasteiger partial charge < -0.3 is 9.67 Å². The Bertz CT molecular complexity index is 433. The van der Waals surface area contributed by atoms with Crippen LogP contribution >= 0.6 is 0 Å². The molecule has 0 spiro atoms. The van der Waals surface area contributed by atoms with E-state index in [9.17, 15) is 5.11 Å². The van der Waals surface area contributed by atoms with E-state index >= 15 is 0 Å². The molecule has 0 saturated heterocycles. The SMILES string of the molecule is Cc1nc(CN(C)CCC2(O)CCCC2)n(C)c1C. The molecule has 0 bridgehead atoms. The summed E-state index contributed by atoms with van der Waals surface area (Å²) in [6, 6.07) is 0. The Kier molecular flexibility index (Phi) is 4.31. The van der Waals surface area contributed by atoms with Gasteiger partial charge in [-0.3, -0.25) is 4.90 Å². The first kappa shape index (κ1) is 14.5. The molecule has 19 heavy (non-hydrogen) atoms. The second-order valence-corrected chi connectivity index (χ2v) is 6.18. The van der Waals surface area contributed by atoms with Crippen LogP contribution in [0.1, 0.15) is 49.3 Å². The summed E-state index contributed by atoms with van der Waals surface area (Å²) in [6.45, 7) is 5.94. The van der Waals surface area contributed by atoms with Crippen molar-refractivity contribution in [1.82, 2.24) is 14.5 Å². The van der Waals surface area contributed by atoms with Gasteiger partial charge in [0.2, 0.25) is 0 Å². The normalized spacial score (nSPS) is 18.4. The Balaban J connectivity index is 1.87. The molecular formula is C15H27N3O. The molecule has 1 aliphatic carbocycles. The van der Waals surface area contributed by atoms with Crippen molar-refractivity contribution in [2.75, 3.05) is 13.6 Å². The number of rotatable bonds is 5. The standard InChI is InChI=1S/C15H27N3O/c1-12-13(2)18(4)14(16-12)11-17(3)10-9-15(19)7-5-6-8-15/h19H,5-11H2,1-4H3. The van der Waals surface area contributed by atoms with Crippen molar-refractivity contribution in [3.8, 4) is 0 Å². The van der Waals surface area contributed by atoms with Gasteiger partial charge in [0.1, 0.15) is 5.82 Å². The lowest BCUT2D eigenvalue weighted by molar-refractivity contribution is 0.0295. The quantitative estimate of drug-likeness (QED) is 0.887. The third-order valence-electron chi connectivity index (χ3n) is 4.62. The van der Waals surface area contributed by atoms with E-state index in [4.69, 9.17) is 0 Å². The monoisotopic (exact) mass is 265 g/mol. The van der Waals surface area contributed by atoms with Crippen LogP contribution in [0.2, 0.25) is 0 Å². The molecule has 4 nitrogen and oxygen atoms in total. The first-order valence-corrected chi connectivity index (χ1v) is 7.31. The van der Waals surface area contributed by atoms with Gasteiger partial charge >= 0.3 is 0 Å². The molecule has 1 fully saturated rings. The van der Waals surface area contributed by atoms with Crippen LogP contribution in [0.3, 0.4) is 0 Å². The van der Waals surface area contributed by atoms with Crippen molar-refractivity contribution in [3.05, 3.63) is 17.2 Å². The van der Waals surface area contributed by atoms with E-state index < -0.39 is 5.60 Å². The Labute approximate surface area is 116 Å². The molecule has 0 aliphatic heterocycles. The molecule has 0 aromatic carbocycles. The zero-order chi connectivity index (χ0) is 14.0. The summed E-state index contributed by atoms with van der Waals surface area (Å²) in [5, 5.41) is 10.4. The number of aliphatic hydroxyl groups is 1. The van der Waals surface area contributed by atoms with Gasteiger partial charge in [0.05, 0.1) is 17.8 Å². The lowest BCUT2D eigenvalue weighted by atomic mass is 9.98. The summed E-state index contributed by atoms with van der Waals surface area (Å²) in [4.78, 5) is 6.87. The molecule has 2 rings (SSSR count). The third-order valence-corrected chi connectivity index (χ3v) is 4.62. The lowest BCUT2D eigenvalue weighted by Gasteiger charge is -2.25. The second kappa shape index (κ2) is 5.63. The molecule has 1 aliphatic rings. The van der Waals surface area contributed by atoms with Crippen LogP contribution in [-0.4, -0.2) is 38.8 Å². The topological polar surface area (TPSA) is 41.3 Å². The first-order chi connectivity index (χ1) is 8.91. The van der Waals surface area contributed by atoms with Gasteiger partial charge in [0, 0.05) is 19.3 Å². The van der Waals surface area contributed by atoms with Crippen molar-refractivity contribution in [1.29, 1.82) is 0 Å². The summed E-state index contributed by atoms with van der Waals surface area (Å²) in [5.74, 6) is 1.11. The number of nitrogens with zero attached hydrogens (tertiary/aromatic N) is 3. The first-order valence-electron chi connectivity index (χ1n) is 7.31. The highest BCUT2D eigenvalue weighted by molar-refractivity contribution is 5.13. The van der Waals surface area contributed by atoms with E-state index in [1.165, 1.54) is 18.5 Å². The molecule has 108 valence electrons. The molecule has 0 atom stereocenters. The fourth-order valence-corrected chi connectivity index (χ4v) is 2.93. The molecule has 1 aromatic heterocycles. The van der Waals surface area contributed by atoms with E-state index in [1.54, 1.807) is 0 Å². The smallest absolute Gasteiger partial charge is 0.123 e. The summed E-state index contributed by atoms with van der Waals surface area (Å²) in [5.41, 5.74) is 1.94. The Hall–Kier alpha value is -0.870. The summed E-state index contributed by atoms with van der Waals surface area (Å²) < 4.78 is 2.16. The number of aromatic nitrogens is 2. The van der Waals surface area contributed by atoms with Crippen LogP contribution in [0.4, 0.5) is 0 Å². The van der Waals surface area contributed by atoms with Crippen molar-refractivity contribution in [3.63, 3.8) is 0 Å². The third kappa shape index (κ3) is 3.37. The van der Waals surface area contributed by atoms with Crippen LogP contribution in [0.15, 0.2) is 0 Å². The van der Waals surface area contributed by atoms with Crippen LogP contribution in [-0.2, 0) is 13.6 Å². The predicted octanol–water partition coefficient (Wildman–Crippen LogP) is 2.16. The maximum atomic E-state index is 10.4. The second-order valence-electron chi connectivity index (χ2n) is 6.18. The minimum Gasteiger partial charge on any atom is -0.390 e. The molecular weight excluding hydrogens is 238 g/mol. The molecule has 1 heterocycles. The highest BCUT2D eigenvalue weighted by atomic mass is 16.3. The van der Waals surface area contributed by atoms with E-state index in [1.807, 2.05) is 0 Å². The van der Waals surface area contributed by atoms with Crippen LogP contribution < -0.4 is 0 Å². The predicted molar refractivity (Wildman–Crippen MR) is 77.1 cm³/mol. The number of imidazole rings is 1. The van der Waals surface area contributed by atoms with Gasteiger partial charge in [0.25, 0.3) is 0 Å².